The number of nitrogens with one attached hydrogen (secondary N) is 2. The fourth-order valence-corrected chi connectivity index (χ4v) is 4.84. The van der Waals surface area contributed by atoms with Crippen molar-refractivity contribution in [1.82, 2.24) is 19.8 Å². The van der Waals surface area contributed by atoms with E-state index in [1.165, 1.54) is 36.0 Å². The third-order valence-corrected chi connectivity index (χ3v) is 7.06. The van der Waals surface area contributed by atoms with Crippen LogP contribution in [-0.4, -0.2) is 46.0 Å². The molecular weight excluding hydrogens is 459 g/mol. The number of aromatic nitrogens is 2. The van der Waals surface area contributed by atoms with Crippen LogP contribution in [0.15, 0.2) is 46.0 Å². The highest BCUT2D eigenvalue weighted by Gasteiger charge is 2.27. The molecule has 2 aliphatic rings. The van der Waals surface area contributed by atoms with Gasteiger partial charge in [-0.15, -0.1) is 0 Å². The first-order valence-electron chi connectivity index (χ1n) is 11.6. The Morgan fingerprint density at radius 1 is 1.15 bits per heavy atom. The van der Waals surface area contributed by atoms with Crippen molar-refractivity contribution in [3.63, 3.8) is 0 Å². The van der Waals surface area contributed by atoms with E-state index in [9.17, 15) is 18.8 Å². The molecule has 0 radical (unpaired) electrons. The van der Waals surface area contributed by atoms with Gasteiger partial charge in [-0.3, -0.25) is 19.1 Å². The number of amides is 1. The van der Waals surface area contributed by atoms with Crippen LogP contribution in [0.1, 0.15) is 41.6 Å². The normalized spacial score (nSPS) is 18.5. The van der Waals surface area contributed by atoms with Gasteiger partial charge >= 0.3 is 5.69 Å². The Balaban J connectivity index is 1.33. The summed E-state index contributed by atoms with van der Waals surface area (Å²) < 4.78 is 15.0. The van der Waals surface area contributed by atoms with Gasteiger partial charge in [0.1, 0.15) is 5.82 Å². The Hall–Kier alpha value is -2.97. The molecule has 1 saturated heterocycles. The number of likely N-dealkylation sites (tertiary alicyclic amines) is 1. The second kappa shape index (κ2) is 9.35. The lowest BCUT2D eigenvalue weighted by Crippen LogP contribution is -2.37. The van der Waals surface area contributed by atoms with Crippen molar-refractivity contribution in [2.45, 2.75) is 38.3 Å². The summed E-state index contributed by atoms with van der Waals surface area (Å²) in [7, 11) is 0. The third-order valence-electron chi connectivity index (χ3n) is 6.73. The van der Waals surface area contributed by atoms with Gasteiger partial charge in [0.2, 0.25) is 0 Å². The molecule has 2 heterocycles. The first-order chi connectivity index (χ1) is 16.4. The van der Waals surface area contributed by atoms with E-state index in [2.05, 4.69) is 15.2 Å². The average Bonchev–Trinajstić information content (AvgIpc) is 3.54. The van der Waals surface area contributed by atoms with E-state index in [1.807, 2.05) is 0 Å². The molecule has 9 heteroatoms. The molecule has 1 aliphatic carbocycles. The average molecular weight is 485 g/mol. The summed E-state index contributed by atoms with van der Waals surface area (Å²) >= 11 is 6.34. The van der Waals surface area contributed by atoms with Gasteiger partial charge in [-0.2, -0.15) is 0 Å². The molecule has 1 saturated carbocycles. The molecule has 1 amide bonds. The van der Waals surface area contributed by atoms with E-state index in [1.54, 1.807) is 18.2 Å². The highest BCUT2D eigenvalue weighted by atomic mass is 35.5. The number of aromatic amines is 1. The maximum absolute atomic E-state index is 13.6. The van der Waals surface area contributed by atoms with Gasteiger partial charge in [0.15, 0.2) is 0 Å². The number of hydrogen-bond acceptors (Lipinski definition) is 4. The van der Waals surface area contributed by atoms with Crippen LogP contribution in [-0.2, 0) is 6.54 Å². The smallest absolute Gasteiger partial charge is 0.329 e. The molecule has 178 valence electrons. The van der Waals surface area contributed by atoms with Crippen molar-refractivity contribution in [3.8, 4) is 0 Å². The maximum Gasteiger partial charge on any atom is 0.329 e. The van der Waals surface area contributed by atoms with Crippen molar-refractivity contribution >= 4 is 28.4 Å². The number of nitrogens with zero attached hydrogens (tertiary/aromatic N) is 2. The number of rotatable bonds is 7. The molecule has 34 heavy (non-hydrogen) atoms. The number of fused-ring (bicyclic) bond motifs is 1. The van der Waals surface area contributed by atoms with Crippen LogP contribution in [0.25, 0.3) is 10.9 Å². The van der Waals surface area contributed by atoms with Gasteiger partial charge in [0, 0.05) is 19.1 Å². The zero-order valence-corrected chi connectivity index (χ0v) is 19.4. The second-order valence-corrected chi connectivity index (χ2v) is 9.72. The number of hydrogen-bond donors (Lipinski definition) is 2. The predicted molar refractivity (Wildman–Crippen MR) is 129 cm³/mol. The van der Waals surface area contributed by atoms with Crippen LogP contribution in [0, 0.1) is 11.7 Å². The van der Waals surface area contributed by atoms with E-state index in [0.717, 1.165) is 38.0 Å². The highest BCUT2D eigenvalue weighted by Crippen LogP contribution is 2.32. The monoisotopic (exact) mass is 484 g/mol. The van der Waals surface area contributed by atoms with Gasteiger partial charge in [-0.1, -0.05) is 30.5 Å². The van der Waals surface area contributed by atoms with Crippen LogP contribution in [0.5, 0.6) is 0 Å². The first kappa shape index (κ1) is 22.8. The van der Waals surface area contributed by atoms with Crippen molar-refractivity contribution in [1.29, 1.82) is 0 Å². The molecular formula is C25H26ClFN4O3. The summed E-state index contributed by atoms with van der Waals surface area (Å²) in [6.45, 7) is 2.99. The summed E-state index contributed by atoms with van der Waals surface area (Å²) in [6.07, 6.45) is 4.84. The molecule has 1 unspecified atom stereocenters. The maximum atomic E-state index is 13.6. The van der Waals surface area contributed by atoms with E-state index < -0.39 is 17.1 Å². The Morgan fingerprint density at radius 2 is 1.97 bits per heavy atom. The van der Waals surface area contributed by atoms with Crippen molar-refractivity contribution in [2.75, 3.05) is 19.6 Å². The summed E-state index contributed by atoms with van der Waals surface area (Å²) in [4.78, 5) is 42.2. The lowest BCUT2D eigenvalue weighted by atomic mass is 10.1. The summed E-state index contributed by atoms with van der Waals surface area (Å²) in [6, 6.07) is 8.79. The fraction of sp³-hybridized carbons (Fsp3) is 0.400. The van der Waals surface area contributed by atoms with E-state index >= 15 is 0 Å². The Bertz CT molecular complexity index is 1360. The minimum Gasteiger partial charge on any atom is -0.348 e. The Kier molecular flexibility index (Phi) is 6.27. The van der Waals surface area contributed by atoms with Gasteiger partial charge in [0.05, 0.1) is 28.0 Å². The number of carbonyl (C=O) groups is 1. The Morgan fingerprint density at radius 3 is 2.76 bits per heavy atom. The first-order valence-corrected chi connectivity index (χ1v) is 12.0. The largest absolute Gasteiger partial charge is 0.348 e. The number of H-pyrrole nitrogens is 1. The minimum atomic E-state index is -0.644. The topological polar surface area (TPSA) is 87.2 Å². The fourth-order valence-electron chi connectivity index (χ4n) is 4.64. The van der Waals surface area contributed by atoms with Crippen LogP contribution >= 0.6 is 11.6 Å². The highest BCUT2D eigenvalue weighted by molar-refractivity contribution is 6.33. The lowest BCUT2D eigenvalue weighted by Gasteiger charge is -2.17. The van der Waals surface area contributed by atoms with Crippen molar-refractivity contribution in [3.05, 3.63) is 79.2 Å². The molecule has 5 rings (SSSR count). The molecule has 1 aliphatic heterocycles. The van der Waals surface area contributed by atoms with Gasteiger partial charge < -0.3 is 10.2 Å². The quantitative estimate of drug-likeness (QED) is 0.539. The van der Waals surface area contributed by atoms with Crippen LogP contribution in [0.2, 0.25) is 5.02 Å². The summed E-state index contributed by atoms with van der Waals surface area (Å²) in [5.74, 6) is 0.0783. The van der Waals surface area contributed by atoms with Gasteiger partial charge in [0.25, 0.3) is 11.5 Å². The summed E-state index contributed by atoms with van der Waals surface area (Å²) in [5.41, 5.74) is 0.0561. The van der Waals surface area contributed by atoms with Gasteiger partial charge in [-0.05, 0) is 61.2 Å². The minimum absolute atomic E-state index is 0.0760. The third kappa shape index (κ3) is 4.93. The lowest BCUT2D eigenvalue weighted by molar-refractivity contribution is 0.0937. The molecule has 1 atom stereocenters. The molecule has 0 spiro atoms. The second-order valence-electron chi connectivity index (χ2n) is 9.31. The molecule has 2 fully saturated rings. The molecule has 7 nitrogen and oxygen atoms in total. The number of halogens is 2. The molecule has 0 bridgehead atoms. The van der Waals surface area contributed by atoms with E-state index in [0.29, 0.717) is 21.7 Å². The predicted octanol–water partition coefficient (Wildman–Crippen LogP) is 3.13. The number of benzene rings is 2. The molecule has 2 N–H and O–H groups in total. The van der Waals surface area contributed by atoms with Crippen molar-refractivity contribution in [2.24, 2.45) is 5.92 Å². The van der Waals surface area contributed by atoms with E-state index in [4.69, 9.17) is 11.6 Å². The van der Waals surface area contributed by atoms with Crippen LogP contribution in [0.3, 0.4) is 0 Å². The molecule has 2 aromatic carbocycles. The van der Waals surface area contributed by atoms with Crippen LogP contribution < -0.4 is 16.6 Å². The zero-order chi connectivity index (χ0) is 23.8. The zero-order valence-electron chi connectivity index (χ0n) is 18.7. The number of carbonyl (C=O) groups excluding carboxylic acids is 1. The molecule has 3 aromatic rings. The summed E-state index contributed by atoms with van der Waals surface area (Å²) in [5, 5.41) is 3.50. The SMILES string of the molecule is O=C(NC1CCN(CCC2CC2)C1)c1cc(Cn2c(=O)[nH]c(=O)c3cc(F)ccc32)ccc1Cl. The van der Waals surface area contributed by atoms with E-state index in [-0.39, 0.29) is 23.9 Å². The van der Waals surface area contributed by atoms with Crippen LogP contribution in [0.4, 0.5) is 4.39 Å². The van der Waals surface area contributed by atoms with Gasteiger partial charge in [-0.25, -0.2) is 9.18 Å². The Labute approximate surface area is 200 Å². The standard InChI is InChI=1S/C25H26ClFN4O3/c26-21-5-3-16(13-31-22-6-4-17(27)12-20(22)24(33)29-25(31)34)11-19(21)23(32)28-18-8-10-30(14-18)9-7-15-1-2-15/h3-6,11-12,15,18H,1-2,7-10,13-14H2,(H,28,32)(H,29,33,34). The molecule has 1 aromatic heterocycles. The van der Waals surface area contributed by atoms with Crippen molar-refractivity contribution < 1.29 is 9.18 Å².